The van der Waals surface area contributed by atoms with Gasteiger partial charge in [-0.15, -0.1) is 0 Å². The van der Waals surface area contributed by atoms with Crippen LogP contribution in [0.25, 0.3) is 0 Å². The average molecular weight is 465 g/mol. The maximum atomic E-state index is 12.5. The van der Waals surface area contributed by atoms with Crippen molar-refractivity contribution in [2.24, 2.45) is 0 Å². The molecule has 2 fully saturated rings. The summed E-state index contributed by atoms with van der Waals surface area (Å²) in [5.41, 5.74) is 2.49. The lowest BCUT2D eigenvalue weighted by Crippen LogP contribution is -2.58. The quantitative estimate of drug-likeness (QED) is 0.596. The Balaban J connectivity index is 1.24. The molecule has 2 aromatic rings. The van der Waals surface area contributed by atoms with Crippen LogP contribution in [0.15, 0.2) is 54.9 Å². The standard InChI is InChI=1S/C27H36N4O3/c32-25(29-21-23-10-14-28-15-11-23)6-7-26(33)30-24-8-12-27(13-9-24,31-16-18-34-19-17-31)20-22-4-2-1-3-5-22/h1-5,10-11,14-15,24H,6-9,12-13,16-21H2,(H,29,32)(H,30,33). The molecule has 0 atom stereocenters. The first-order valence-electron chi connectivity index (χ1n) is 12.4. The summed E-state index contributed by atoms with van der Waals surface area (Å²) in [6, 6.07) is 14.6. The van der Waals surface area contributed by atoms with E-state index in [9.17, 15) is 9.59 Å². The fraction of sp³-hybridized carbons (Fsp3) is 0.519. The molecule has 0 spiro atoms. The van der Waals surface area contributed by atoms with Crippen LogP contribution in [0.3, 0.4) is 0 Å². The van der Waals surface area contributed by atoms with Gasteiger partial charge in [-0.2, -0.15) is 0 Å². The third kappa shape index (κ3) is 6.87. The molecule has 2 aliphatic rings. The van der Waals surface area contributed by atoms with Gasteiger partial charge in [-0.05, 0) is 55.4 Å². The highest BCUT2D eigenvalue weighted by atomic mass is 16.5. The summed E-state index contributed by atoms with van der Waals surface area (Å²) in [6.45, 7) is 3.98. The van der Waals surface area contributed by atoms with Gasteiger partial charge in [0, 0.05) is 56.5 Å². The molecule has 1 aliphatic heterocycles. The third-order valence-electron chi connectivity index (χ3n) is 7.16. The number of pyridine rings is 1. The minimum atomic E-state index is -0.107. The van der Waals surface area contributed by atoms with Gasteiger partial charge in [0.05, 0.1) is 13.2 Å². The molecule has 1 saturated heterocycles. The van der Waals surface area contributed by atoms with Gasteiger partial charge in [0.15, 0.2) is 0 Å². The average Bonchev–Trinajstić information content (AvgIpc) is 2.89. The van der Waals surface area contributed by atoms with Crippen molar-refractivity contribution in [3.63, 3.8) is 0 Å². The molecule has 1 aliphatic carbocycles. The fourth-order valence-corrected chi connectivity index (χ4v) is 5.23. The van der Waals surface area contributed by atoms with Crippen molar-refractivity contribution in [3.05, 3.63) is 66.0 Å². The predicted octanol–water partition coefficient (Wildman–Crippen LogP) is 2.85. The smallest absolute Gasteiger partial charge is 0.220 e. The number of ether oxygens (including phenoxy) is 1. The summed E-state index contributed by atoms with van der Waals surface area (Å²) in [5, 5.41) is 6.05. The second kappa shape index (κ2) is 12.1. The van der Waals surface area contributed by atoms with Gasteiger partial charge in [-0.25, -0.2) is 0 Å². The maximum Gasteiger partial charge on any atom is 0.220 e. The Hall–Kier alpha value is -2.77. The van der Waals surface area contributed by atoms with Crippen LogP contribution in [0.5, 0.6) is 0 Å². The first-order chi connectivity index (χ1) is 16.6. The molecular weight excluding hydrogens is 428 g/mol. The molecule has 1 saturated carbocycles. The summed E-state index contributed by atoms with van der Waals surface area (Å²) >= 11 is 0. The zero-order chi connectivity index (χ0) is 23.6. The van der Waals surface area contributed by atoms with Crippen molar-refractivity contribution < 1.29 is 14.3 Å². The Kier molecular flexibility index (Phi) is 8.66. The Morgan fingerprint density at radius 3 is 2.32 bits per heavy atom. The first-order valence-corrected chi connectivity index (χ1v) is 12.4. The second-order valence-electron chi connectivity index (χ2n) is 9.46. The van der Waals surface area contributed by atoms with Crippen molar-refractivity contribution in [1.82, 2.24) is 20.5 Å². The Morgan fingerprint density at radius 1 is 0.941 bits per heavy atom. The van der Waals surface area contributed by atoms with Crippen molar-refractivity contribution in [1.29, 1.82) is 0 Å². The number of hydrogen-bond acceptors (Lipinski definition) is 5. The van der Waals surface area contributed by atoms with Gasteiger partial charge in [-0.3, -0.25) is 19.5 Å². The van der Waals surface area contributed by atoms with Gasteiger partial charge in [-0.1, -0.05) is 30.3 Å². The Bertz CT molecular complexity index is 908. The van der Waals surface area contributed by atoms with E-state index in [4.69, 9.17) is 4.74 Å². The summed E-state index contributed by atoms with van der Waals surface area (Å²) in [7, 11) is 0. The van der Waals surface area contributed by atoms with E-state index in [1.165, 1.54) is 5.56 Å². The van der Waals surface area contributed by atoms with Crippen LogP contribution in [-0.4, -0.2) is 59.6 Å². The normalized spacial score (nSPS) is 23.2. The van der Waals surface area contributed by atoms with Crippen molar-refractivity contribution in [2.45, 2.75) is 63.1 Å². The molecule has 7 heteroatoms. The molecule has 2 heterocycles. The van der Waals surface area contributed by atoms with E-state index in [2.05, 4.69) is 50.8 Å². The number of carbonyl (C=O) groups is 2. The Labute approximate surface area is 202 Å². The zero-order valence-electron chi connectivity index (χ0n) is 19.9. The van der Waals surface area contributed by atoms with Crippen LogP contribution in [0, 0.1) is 0 Å². The molecule has 4 rings (SSSR count). The van der Waals surface area contributed by atoms with Gasteiger partial charge < -0.3 is 15.4 Å². The van der Waals surface area contributed by atoms with E-state index in [1.807, 2.05) is 12.1 Å². The number of rotatable bonds is 9. The van der Waals surface area contributed by atoms with Crippen molar-refractivity contribution in [3.8, 4) is 0 Å². The molecule has 34 heavy (non-hydrogen) atoms. The number of nitrogens with zero attached hydrogens (tertiary/aromatic N) is 2. The molecule has 7 nitrogen and oxygen atoms in total. The highest BCUT2D eigenvalue weighted by molar-refractivity contribution is 5.83. The molecule has 1 aromatic heterocycles. The molecule has 2 N–H and O–H groups in total. The number of aromatic nitrogens is 1. The van der Waals surface area contributed by atoms with E-state index in [1.54, 1.807) is 12.4 Å². The summed E-state index contributed by atoms with van der Waals surface area (Å²) in [5.74, 6) is -0.143. The van der Waals surface area contributed by atoms with Gasteiger partial charge in [0.25, 0.3) is 0 Å². The molecular formula is C27H36N4O3. The maximum absolute atomic E-state index is 12.5. The topological polar surface area (TPSA) is 83.6 Å². The zero-order valence-corrected chi connectivity index (χ0v) is 19.9. The van der Waals surface area contributed by atoms with Crippen LogP contribution in [-0.2, 0) is 27.3 Å². The van der Waals surface area contributed by atoms with Gasteiger partial charge in [0.2, 0.25) is 11.8 Å². The first kappa shape index (κ1) is 24.4. The number of carbonyl (C=O) groups excluding carboxylic acids is 2. The van der Waals surface area contributed by atoms with Gasteiger partial charge in [0.1, 0.15) is 0 Å². The van der Waals surface area contributed by atoms with Crippen molar-refractivity contribution >= 4 is 11.8 Å². The van der Waals surface area contributed by atoms with Crippen molar-refractivity contribution in [2.75, 3.05) is 26.3 Å². The number of amides is 2. The largest absolute Gasteiger partial charge is 0.379 e. The van der Waals surface area contributed by atoms with E-state index in [0.717, 1.165) is 64.0 Å². The van der Waals surface area contributed by atoms with Crippen LogP contribution >= 0.6 is 0 Å². The highest BCUT2D eigenvalue weighted by Crippen LogP contribution is 2.37. The monoisotopic (exact) mass is 464 g/mol. The van der Waals surface area contributed by atoms with Gasteiger partial charge >= 0.3 is 0 Å². The predicted molar refractivity (Wildman–Crippen MR) is 131 cm³/mol. The molecule has 0 unspecified atom stereocenters. The van der Waals surface area contributed by atoms with Crippen LogP contribution < -0.4 is 10.6 Å². The lowest BCUT2D eigenvalue weighted by Gasteiger charge is -2.50. The van der Waals surface area contributed by atoms with E-state index >= 15 is 0 Å². The lowest BCUT2D eigenvalue weighted by molar-refractivity contribution is -0.127. The third-order valence-corrected chi connectivity index (χ3v) is 7.16. The second-order valence-corrected chi connectivity index (χ2v) is 9.46. The molecule has 0 radical (unpaired) electrons. The van der Waals surface area contributed by atoms with E-state index in [-0.39, 0.29) is 36.2 Å². The summed E-state index contributed by atoms with van der Waals surface area (Å²) in [4.78, 5) is 31.2. The minimum absolute atomic E-state index is 0.0361. The molecule has 1 aromatic carbocycles. The van der Waals surface area contributed by atoms with Crippen LogP contribution in [0.4, 0.5) is 0 Å². The summed E-state index contributed by atoms with van der Waals surface area (Å²) < 4.78 is 5.61. The molecule has 182 valence electrons. The molecule has 0 bridgehead atoms. The van der Waals surface area contributed by atoms with Crippen LogP contribution in [0.1, 0.15) is 49.7 Å². The minimum Gasteiger partial charge on any atom is -0.379 e. The fourth-order valence-electron chi connectivity index (χ4n) is 5.23. The number of nitrogens with one attached hydrogen (secondary N) is 2. The lowest BCUT2D eigenvalue weighted by atomic mass is 9.74. The summed E-state index contributed by atoms with van der Waals surface area (Å²) in [6.07, 6.45) is 8.89. The highest BCUT2D eigenvalue weighted by Gasteiger charge is 2.41. The van der Waals surface area contributed by atoms with E-state index in [0.29, 0.717) is 6.54 Å². The number of benzene rings is 1. The van der Waals surface area contributed by atoms with Crippen LogP contribution in [0.2, 0.25) is 0 Å². The SMILES string of the molecule is O=C(CCC(=O)NC1CCC(Cc2ccccc2)(N2CCOCC2)CC1)NCc1ccncc1. The number of hydrogen-bond donors (Lipinski definition) is 2. The van der Waals surface area contributed by atoms with E-state index < -0.39 is 0 Å². The molecule has 2 amide bonds. The Morgan fingerprint density at radius 2 is 1.62 bits per heavy atom. The number of morpholine rings is 1.